The SMILES string of the molecule is Cc1cc(-c2cc(Nc3ccc(N4CCN(CC5CCN(c6ccc(N7CCC(=O)NC7=O)cc6)CC5)CC4)cn3)ncn2)ccc1CNC(=O)c1nc(C(C)(C)C)no1. The van der Waals surface area contributed by atoms with Crippen molar-refractivity contribution in [3.05, 3.63) is 96.0 Å². The van der Waals surface area contributed by atoms with Gasteiger partial charge in [-0.25, -0.2) is 19.7 Å². The van der Waals surface area contributed by atoms with Crippen molar-refractivity contribution in [1.29, 1.82) is 0 Å². The van der Waals surface area contributed by atoms with Gasteiger partial charge in [0.2, 0.25) is 5.91 Å². The van der Waals surface area contributed by atoms with Gasteiger partial charge in [-0.1, -0.05) is 38.1 Å². The number of urea groups is 1. The summed E-state index contributed by atoms with van der Waals surface area (Å²) in [4.78, 5) is 63.3. The second kappa shape index (κ2) is 17.4. The second-order valence-electron chi connectivity index (χ2n) is 16.8. The van der Waals surface area contributed by atoms with Crippen LogP contribution in [0.15, 0.2) is 77.7 Å². The van der Waals surface area contributed by atoms with Crippen LogP contribution in [0.2, 0.25) is 0 Å². The third kappa shape index (κ3) is 9.54. The minimum absolute atomic E-state index is 0.0482. The fourth-order valence-corrected chi connectivity index (χ4v) is 7.87. The lowest BCUT2D eigenvalue weighted by Crippen LogP contribution is -2.49. The van der Waals surface area contributed by atoms with Gasteiger partial charge in [0.15, 0.2) is 5.82 Å². The first-order valence-corrected chi connectivity index (χ1v) is 20.7. The molecule has 0 radical (unpaired) electrons. The number of piperidine rings is 1. The number of aromatic nitrogens is 5. The third-order valence-corrected chi connectivity index (χ3v) is 11.5. The molecule has 3 aromatic heterocycles. The lowest BCUT2D eigenvalue weighted by Gasteiger charge is -2.40. The molecule has 60 heavy (non-hydrogen) atoms. The number of anilines is 5. The normalized spacial score (nSPS) is 16.8. The highest BCUT2D eigenvalue weighted by Gasteiger charge is 2.27. The molecule has 5 aromatic rings. The highest BCUT2D eigenvalue weighted by Crippen LogP contribution is 2.29. The molecule has 0 spiro atoms. The molecule has 3 N–H and O–H groups in total. The van der Waals surface area contributed by atoms with Gasteiger partial charge in [0, 0.05) is 93.7 Å². The van der Waals surface area contributed by atoms with Gasteiger partial charge in [-0.3, -0.25) is 24.7 Å². The zero-order chi connectivity index (χ0) is 41.8. The van der Waals surface area contributed by atoms with E-state index in [0.29, 0.717) is 42.9 Å². The number of amides is 4. The number of piperazine rings is 1. The van der Waals surface area contributed by atoms with Crippen LogP contribution in [0.1, 0.15) is 67.7 Å². The fourth-order valence-electron chi connectivity index (χ4n) is 7.87. The number of aryl methyl sites for hydroxylation is 1. The molecule has 3 aliphatic heterocycles. The average Bonchev–Trinajstić information content (AvgIpc) is 3.77. The highest BCUT2D eigenvalue weighted by molar-refractivity contribution is 6.05. The predicted molar refractivity (Wildman–Crippen MR) is 229 cm³/mol. The van der Waals surface area contributed by atoms with E-state index in [4.69, 9.17) is 9.51 Å². The Balaban J connectivity index is 0.773. The Kier molecular flexibility index (Phi) is 11.7. The summed E-state index contributed by atoms with van der Waals surface area (Å²) in [7, 11) is 0. The number of benzene rings is 2. The quantitative estimate of drug-likeness (QED) is 0.149. The molecule has 2 aromatic carbocycles. The van der Waals surface area contributed by atoms with Gasteiger partial charge < -0.3 is 25.0 Å². The molecular formula is C44H52N12O4. The van der Waals surface area contributed by atoms with Gasteiger partial charge >= 0.3 is 17.8 Å². The number of rotatable bonds is 11. The number of hydrogen-bond donors (Lipinski definition) is 3. The Morgan fingerprint density at radius 1 is 0.833 bits per heavy atom. The average molecular weight is 813 g/mol. The van der Waals surface area contributed by atoms with Gasteiger partial charge in [-0.15, -0.1) is 0 Å². The molecule has 3 saturated heterocycles. The fraction of sp³-hybridized carbons (Fsp3) is 0.409. The number of nitrogens with zero attached hydrogens (tertiary/aromatic N) is 9. The zero-order valence-corrected chi connectivity index (χ0v) is 34.6. The van der Waals surface area contributed by atoms with E-state index < -0.39 is 5.91 Å². The minimum Gasteiger partial charge on any atom is -0.372 e. The van der Waals surface area contributed by atoms with E-state index >= 15 is 0 Å². The van der Waals surface area contributed by atoms with Crippen LogP contribution in [-0.2, 0) is 16.8 Å². The van der Waals surface area contributed by atoms with Crippen LogP contribution in [0.3, 0.4) is 0 Å². The molecule has 0 atom stereocenters. The molecule has 4 amide bonds. The zero-order valence-electron chi connectivity index (χ0n) is 34.6. The van der Waals surface area contributed by atoms with E-state index in [0.717, 1.165) is 92.4 Å². The van der Waals surface area contributed by atoms with Crippen LogP contribution < -0.4 is 30.7 Å². The summed E-state index contributed by atoms with van der Waals surface area (Å²) in [5.41, 5.74) is 6.45. The van der Waals surface area contributed by atoms with Gasteiger partial charge in [0.25, 0.3) is 0 Å². The molecule has 0 saturated carbocycles. The predicted octanol–water partition coefficient (Wildman–Crippen LogP) is 5.69. The minimum atomic E-state index is -0.410. The summed E-state index contributed by atoms with van der Waals surface area (Å²) in [5.74, 6) is 1.83. The molecule has 6 heterocycles. The largest absolute Gasteiger partial charge is 0.372 e. The number of pyridine rings is 1. The van der Waals surface area contributed by atoms with Crippen molar-refractivity contribution in [3.8, 4) is 11.3 Å². The van der Waals surface area contributed by atoms with Gasteiger partial charge in [0.05, 0.1) is 17.6 Å². The number of carbonyl (C=O) groups excluding carboxylic acids is 3. The maximum atomic E-state index is 12.6. The molecule has 0 bridgehead atoms. The standard InChI is InChI=1S/C44H52N12O4/c1-29-23-31(5-6-32(29)25-46-40(58)41-51-42(52-60-41)44(2,3)4)36-24-38(48-28-47-36)49-37-12-11-35(26-45-37)55-21-19-53(20-22-55)27-30-13-16-54(17-14-30)33-7-9-34(10-8-33)56-18-15-39(57)50-43(56)59/h5-12,23-24,26,28,30H,13-22,25,27H2,1-4H3,(H,46,58)(H,50,57,59)(H,45,47,48,49). The van der Waals surface area contributed by atoms with Crippen LogP contribution in [0.4, 0.5) is 33.5 Å². The van der Waals surface area contributed by atoms with Crippen LogP contribution in [-0.4, -0.2) is 100 Å². The number of imide groups is 1. The first kappa shape index (κ1) is 40.4. The van der Waals surface area contributed by atoms with Crippen molar-refractivity contribution in [2.45, 2.75) is 58.9 Å². The summed E-state index contributed by atoms with van der Waals surface area (Å²) in [6, 6.07) is 19.8. The van der Waals surface area contributed by atoms with Gasteiger partial charge in [-0.2, -0.15) is 4.98 Å². The lowest BCUT2D eigenvalue weighted by atomic mass is 9.95. The van der Waals surface area contributed by atoms with Crippen molar-refractivity contribution >= 4 is 46.5 Å². The first-order chi connectivity index (χ1) is 28.9. The van der Waals surface area contributed by atoms with Crippen molar-refractivity contribution < 1.29 is 18.9 Å². The Morgan fingerprint density at radius 3 is 2.25 bits per heavy atom. The van der Waals surface area contributed by atoms with Gasteiger partial charge in [-0.05, 0) is 79.3 Å². The van der Waals surface area contributed by atoms with E-state index in [9.17, 15) is 14.4 Å². The molecule has 16 heteroatoms. The summed E-state index contributed by atoms with van der Waals surface area (Å²) in [6.07, 6.45) is 6.09. The van der Waals surface area contributed by atoms with E-state index in [2.05, 4.69) is 69.0 Å². The summed E-state index contributed by atoms with van der Waals surface area (Å²) >= 11 is 0. The second-order valence-corrected chi connectivity index (χ2v) is 16.8. The third-order valence-electron chi connectivity index (χ3n) is 11.5. The number of hydrogen-bond acceptors (Lipinski definition) is 13. The number of carbonyl (C=O) groups is 3. The highest BCUT2D eigenvalue weighted by atomic mass is 16.5. The Morgan fingerprint density at radius 2 is 1.57 bits per heavy atom. The van der Waals surface area contributed by atoms with E-state index in [-0.39, 0.29) is 23.2 Å². The molecule has 8 rings (SSSR count). The molecule has 3 aliphatic rings. The monoisotopic (exact) mass is 812 g/mol. The summed E-state index contributed by atoms with van der Waals surface area (Å²) in [6.45, 7) is 15.7. The maximum Gasteiger partial charge on any atom is 0.328 e. The summed E-state index contributed by atoms with van der Waals surface area (Å²) in [5, 5.41) is 12.5. The van der Waals surface area contributed by atoms with Crippen LogP contribution in [0.5, 0.6) is 0 Å². The van der Waals surface area contributed by atoms with E-state index in [1.165, 1.54) is 5.69 Å². The van der Waals surface area contributed by atoms with Crippen molar-refractivity contribution in [1.82, 2.24) is 40.6 Å². The summed E-state index contributed by atoms with van der Waals surface area (Å²) < 4.78 is 5.17. The smallest absolute Gasteiger partial charge is 0.328 e. The number of nitrogens with one attached hydrogen (secondary N) is 3. The topological polar surface area (TPSA) is 178 Å². The lowest BCUT2D eigenvalue weighted by molar-refractivity contribution is -0.120. The molecule has 0 unspecified atom stereocenters. The van der Waals surface area contributed by atoms with Crippen molar-refractivity contribution in [3.63, 3.8) is 0 Å². The Labute approximate surface area is 349 Å². The first-order valence-electron chi connectivity index (χ1n) is 20.7. The molecule has 3 fully saturated rings. The molecule has 0 aliphatic carbocycles. The molecular weight excluding hydrogens is 761 g/mol. The van der Waals surface area contributed by atoms with E-state index in [1.807, 2.05) is 76.4 Å². The Bertz CT molecular complexity index is 2310. The van der Waals surface area contributed by atoms with Crippen LogP contribution in [0, 0.1) is 12.8 Å². The maximum absolute atomic E-state index is 12.6. The molecule has 16 nitrogen and oxygen atoms in total. The van der Waals surface area contributed by atoms with Gasteiger partial charge in [0.1, 0.15) is 18.0 Å². The Hall–Kier alpha value is -6.42. The van der Waals surface area contributed by atoms with Crippen LogP contribution >= 0.6 is 0 Å². The van der Waals surface area contributed by atoms with E-state index in [1.54, 1.807) is 11.2 Å². The van der Waals surface area contributed by atoms with Crippen molar-refractivity contribution in [2.24, 2.45) is 5.92 Å². The van der Waals surface area contributed by atoms with Crippen molar-refractivity contribution in [2.75, 3.05) is 72.4 Å². The van der Waals surface area contributed by atoms with Crippen LogP contribution in [0.25, 0.3) is 11.3 Å². The molecule has 312 valence electrons.